The van der Waals surface area contributed by atoms with Crippen molar-refractivity contribution in [1.29, 1.82) is 0 Å². The van der Waals surface area contributed by atoms with Crippen LogP contribution in [0.15, 0.2) is 12.3 Å². The fourth-order valence-electron chi connectivity index (χ4n) is 1.62. The Balaban J connectivity index is 1.95. The van der Waals surface area contributed by atoms with Crippen LogP contribution in [-0.4, -0.2) is 37.4 Å². The molecule has 0 aliphatic heterocycles. The predicted octanol–water partition coefficient (Wildman–Crippen LogP) is 1.70. The van der Waals surface area contributed by atoms with Crippen molar-refractivity contribution in [1.82, 2.24) is 24.7 Å². The Morgan fingerprint density at radius 3 is 2.80 bits per heavy atom. The van der Waals surface area contributed by atoms with Gasteiger partial charge in [-0.1, -0.05) is 0 Å². The summed E-state index contributed by atoms with van der Waals surface area (Å²) in [7, 11) is 1.91. The minimum Gasteiger partial charge on any atom is -0.461 e. The van der Waals surface area contributed by atoms with Gasteiger partial charge in [-0.3, -0.25) is 4.68 Å². The first-order valence-corrected chi connectivity index (χ1v) is 6.71. The molecule has 2 aromatic heterocycles. The SMILES string of the molecule is CC(C)Oc1nc(Cl)nc(NCCc2ccnn2C)n1. The Morgan fingerprint density at radius 1 is 1.35 bits per heavy atom. The summed E-state index contributed by atoms with van der Waals surface area (Å²) < 4.78 is 7.23. The summed E-state index contributed by atoms with van der Waals surface area (Å²) in [6.45, 7) is 4.46. The van der Waals surface area contributed by atoms with Crippen molar-refractivity contribution in [3.63, 3.8) is 0 Å². The number of aryl methyl sites for hydroxylation is 1. The van der Waals surface area contributed by atoms with Crippen molar-refractivity contribution in [3.05, 3.63) is 23.2 Å². The van der Waals surface area contributed by atoms with E-state index in [0.717, 1.165) is 12.1 Å². The second-order valence-electron chi connectivity index (χ2n) is 4.50. The molecule has 2 aromatic rings. The molecule has 0 saturated carbocycles. The summed E-state index contributed by atoms with van der Waals surface area (Å²) in [6, 6.07) is 2.19. The van der Waals surface area contributed by atoms with E-state index in [0.29, 0.717) is 12.5 Å². The van der Waals surface area contributed by atoms with Gasteiger partial charge in [0.2, 0.25) is 11.2 Å². The number of anilines is 1. The van der Waals surface area contributed by atoms with Crippen LogP contribution in [0, 0.1) is 0 Å². The quantitative estimate of drug-likeness (QED) is 0.874. The highest BCUT2D eigenvalue weighted by Crippen LogP contribution is 2.12. The van der Waals surface area contributed by atoms with Gasteiger partial charge in [0, 0.05) is 31.9 Å². The van der Waals surface area contributed by atoms with Crippen molar-refractivity contribution in [2.24, 2.45) is 7.05 Å². The van der Waals surface area contributed by atoms with Gasteiger partial charge in [-0.05, 0) is 31.5 Å². The van der Waals surface area contributed by atoms with Gasteiger partial charge >= 0.3 is 6.01 Å². The van der Waals surface area contributed by atoms with Crippen molar-refractivity contribution < 1.29 is 4.74 Å². The van der Waals surface area contributed by atoms with Crippen molar-refractivity contribution in [2.75, 3.05) is 11.9 Å². The minimum absolute atomic E-state index is 0.0178. The molecule has 20 heavy (non-hydrogen) atoms. The van der Waals surface area contributed by atoms with E-state index in [4.69, 9.17) is 16.3 Å². The minimum atomic E-state index is -0.0178. The highest BCUT2D eigenvalue weighted by atomic mass is 35.5. The van der Waals surface area contributed by atoms with Gasteiger partial charge in [0.15, 0.2) is 0 Å². The molecule has 108 valence electrons. The molecule has 0 aliphatic carbocycles. The van der Waals surface area contributed by atoms with Gasteiger partial charge in [-0.15, -0.1) is 0 Å². The average molecular weight is 297 g/mol. The van der Waals surface area contributed by atoms with E-state index in [1.807, 2.05) is 31.6 Å². The first-order valence-electron chi connectivity index (χ1n) is 6.33. The van der Waals surface area contributed by atoms with Gasteiger partial charge in [-0.25, -0.2) is 0 Å². The van der Waals surface area contributed by atoms with Crippen LogP contribution in [0.4, 0.5) is 5.95 Å². The topological polar surface area (TPSA) is 77.8 Å². The molecular weight excluding hydrogens is 280 g/mol. The molecule has 8 heteroatoms. The summed E-state index contributed by atoms with van der Waals surface area (Å²) in [5.41, 5.74) is 1.12. The molecule has 0 spiro atoms. The van der Waals surface area contributed by atoms with E-state index >= 15 is 0 Å². The smallest absolute Gasteiger partial charge is 0.322 e. The highest BCUT2D eigenvalue weighted by Gasteiger charge is 2.07. The number of nitrogens with one attached hydrogen (secondary N) is 1. The van der Waals surface area contributed by atoms with Crippen LogP contribution in [0.25, 0.3) is 0 Å². The summed E-state index contributed by atoms with van der Waals surface area (Å²) in [4.78, 5) is 12.1. The van der Waals surface area contributed by atoms with Gasteiger partial charge in [0.25, 0.3) is 0 Å². The van der Waals surface area contributed by atoms with Crippen molar-refractivity contribution in [3.8, 4) is 6.01 Å². The van der Waals surface area contributed by atoms with E-state index in [1.54, 1.807) is 6.20 Å². The normalized spacial score (nSPS) is 10.8. The Morgan fingerprint density at radius 2 is 2.15 bits per heavy atom. The molecule has 7 nitrogen and oxygen atoms in total. The number of nitrogens with zero attached hydrogens (tertiary/aromatic N) is 5. The van der Waals surface area contributed by atoms with E-state index in [9.17, 15) is 0 Å². The monoisotopic (exact) mass is 296 g/mol. The molecule has 2 heterocycles. The van der Waals surface area contributed by atoms with E-state index in [2.05, 4.69) is 25.4 Å². The van der Waals surface area contributed by atoms with Crippen molar-refractivity contribution >= 4 is 17.5 Å². The summed E-state index contributed by atoms with van der Waals surface area (Å²) in [5, 5.41) is 7.32. The first kappa shape index (κ1) is 14.5. The molecule has 0 fully saturated rings. The van der Waals surface area contributed by atoms with Crippen LogP contribution >= 0.6 is 11.6 Å². The number of rotatable bonds is 6. The molecule has 2 rings (SSSR count). The van der Waals surface area contributed by atoms with Crippen LogP contribution in [0.5, 0.6) is 6.01 Å². The van der Waals surface area contributed by atoms with Crippen molar-refractivity contribution in [2.45, 2.75) is 26.4 Å². The van der Waals surface area contributed by atoms with E-state index < -0.39 is 0 Å². The lowest BCUT2D eigenvalue weighted by molar-refractivity contribution is 0.222. The molecular formula is C12H17ClN6O. The Kier molecular flexibility index (Phi) is 4.73. The summed E-state index contributed by atoms with van der Waals surface area (Å²) >= 11 is 5.84. The van der Waals surface area contributed by atoms with Crippen LogP contribution < -0.4 is 10.1 Å². The molecule has 1 N–H and O–H groups in total. The fraction of sp³-hybridized carbons (Fsp3) is 0.500. The summed E-state index contributed by atoms with van der Waals surface area (Å²) in [5.74, 6) is 0.405. The highest BCUT2D eigenvalue weighted by molar-refractivity contribution is 6.28. The lowest BCUT2D eigenvalue weighted by atomic mass is 10.3. The zero-order chi connectivity index (χ0) is 14.5. The number of aromatic nitrogens is 5. The molecule has 0 aromatic carbocycles. The lowest BCUT2D eigenvalue weighted by Crippen LogP contribution is -2.13. The van der Waals surface area contributed by atoms with Gasteiger partial charge in [0.05, 0.1) is 6.10 Å². The molecule has 0 aliphatic rings. The number of hydrogen-bond donors (Lipinski definition) is 1. The lowest BCUT2D eigenvalue weighted by Gasteiger charge is -2.09. The number of hydrogen-bond acceptors (Lipinski definition) is 6. The maximum Gasteiger partial charge on any atom is 0.322 e. The van der Waals surface area contributed by atoms with Crippen LogP contribution in [0.1, 0.15) is 19.5 Å². The average Bonchev–Trinajstić information content (AvgIpc) is 2.73. The third-order valence-electron chi connectivity index (χ3n) is 2.52. The standard InChI is InChI=1S/C12H17ClN6O/c1-8(2)20-12-17-10(13)16-11(18-12)14-6-4-9-5-7-15-19(9)3/h5,7-8H,4,6H2,1-3H3,(H,14,16,17,18). The van der Waals surface area contributed by atoms with Crippen LogP contribution in [-0.2, 0) is 13.5 Å². The fourth-order valence-corrected chi connectivity index (χ4v) is 1.78. The maximum absolute atomic E-state index is 5.84. The molecule has 0 radical (unpaired) electrons. The Bertz CT molecular complexity index is 571. The van der Waals surface area contributed by atoms with E-state index in [-0.39, 0.29) is 17.4 Å². The Hall–Kier alpha value is -1.89. The third kappa shape index (κ3) is 4.06. The maximum atomic E-state index is 5.84. The van der Waals surface area contributed by atoms with Crippen LogP contribution in [0.2, 0.25) is 5.28 Å². The second kappa shape index (κ2) is 6.51. The zero-order valence-electron chi connectivity index (χ0n) is 11.7. The number of ether oxygens (including phenoxy) is 1. The molecule has 0 unspecified atom stereocenters. The summed E-state index contributed by atoms with van der Waals surface area (Å²) in [6.07, 6.45) is 2.56. The molecule has 0 amide bonds. The van der Waals surface area contributed by atoms with Crippen LogP contribution in [0.3, 0.4) is 0 Å². The second-order valence-corrected chi connectivity index (χ2v) is 4.84. The number of halogens is 1. The Labute approximate surface area is 122 Å². The first-order chi connectivity index (χ1) is 9.54. The third-order valence-corrected chi connectivity index (χ3v) is 2.68. The molecule has 0 atom stereocenters. The van der Waals surface area contributed by atoms with E-state index in [1.165, 1.54) is 0 Å². The largest absolute Gasteiger partial charge is 0.461 e. The van der Waals surface area contributed by atoms with Gasteiger partial charge < -0.3 is 10.1 Å². The predicted molar refractivity (Wildman–Crippen MR) is 76.0 cm³/mol. The van der Waals surface area contributed by atoms with Gasteiger partial charge in [0.1, 0.15) is 0 Å². The van der Waals surface area contributed by atoms with Gasteiger partial charge in [-0.2, -0.15) is 20.1 Å². The zero-order valence-corrected chi connectivity index (χ0v) is 12.4. The molecule has 0 bridgehead atoms. The molecule has 0 saturated heterocycles.